The second-order valence-corrected chi connectivity index (χ2v) is 5.58. The molecule has 3 rings (SSSR count). The molecule has 27 heavy (non-hydrogen) atoms. The van der Waals surface area contributed by atoms with Crippen molar-refractivity contribution in [3.63, 3.8) is 0 Å². The smallest absolute Gasteiger partial charge is 0.338 e. The third-order valence-corrected chi connectivity index (χ3v) is 3.49. The number of rotatable bonds is 6. The maximum absolute atomic E-state index is 13.1. The van der Waals surface area contributed by atoms with Crippen LogP contribution in [0.3, 0.4) is 0 Å². The standard InChI is InChI=1S/C21H16FNO4/c22-16-7-5-8-17(13-16)23-20(24)14-26-21(25)15-6-4-11-19(12-15)27-18-9-2-1-3-10-18/h1-13H,14H2,(H,23,24). The topological polar surface area (TPSA) is 64.6 Å². The summed E-state index contributed by atoms with van der Waals surface area (Å²) < 4.78 is 23.8. The van der Waals surface area contributed by atoms with Gasteiger partial charge in [-0.3, -0.25) is 4.79 Å². The minimum absolute atomic E-state index is 0.252. The second kappa shape index (κ2) is 8.62. The summed E-state index contributed by atoms with van der Waals surface area (Å²) in [6.45, 7) is -0.487. The summed E-state index contributed by atoms with van der Waals surface area (Å²) in [4.78, 5) is 24.0. The molecule has 0 fully saturated rings. The highest BCUT2D eigenvalue weighted by molar-refractivity contribution is 5.95. The van der Waals surface area contributed by atoms with Gasteiger partial charge in [-0.2, -0.15) is 0 Å². The molecule has 0 aromatic heterocycles. The number of para-hydroxylation sites is 1. The molecule has 5 nitrogen and oxygen atoms in total. The van der Waals surface area contributed by atoms with Gasteiger partial charge < -0.3 is 14.8 Å². The SMILES string of the molecule is O=C(COC(=O)c1cccc(Oc2ccccc2)c1)Nc1cccc(F)c1. The number of anilines is 1. The van der Waals surface area contributed by atoms with Gasteiger partial charge in [0, 0.05) is 5.69 Å². The molecule has 1 N–H and O–H groups in total. The predicted molar refractivity (Wildman–Crippen MR) is 98.3 cm³/mol. The summed E-state index contributed by atoms with van der Waals surface area (Å²) in [6, 6.07) is 21.0. The fourth-order valence-corrected chi connectivity index (χ4v) is 2.29. The Morgan fingerprint density at radius 2 is 1.59 bits per heavy atom. The summed E-state index contributed by atoms with van der Waals surface area (Å²) in [5.74, 6) is -0.592. The quantitative estimate of drug-likeness (QED) is 0.657. The van der Waals surface area contributed by atoms with Crippen LogP contribution >= 0.6 is 0 Å². The first kappa shape index (κ1) is 18.1. The fourth-order valence-electron chi connectivity index (χ4n) is 2.29. The van der Waals surface area contributed by atoms with Gasteiger partial charge in [-0.05, 0) is 48.5 Å². The number of hydrogen-bond donors (Lipinski definition) is 1. The number of hydrogen-bond acceptors (Lipinski definition) is 4. The normalized spacial score (nSPS) is 10.1. The maximum Gasteiger partial charge on any atom is 0.338 e. The van der Waals surface area contributed by atoms with Crippen LogP contribution in [0, 0.1) is 5.82 Å². The van der Waals surface area contributed by atoms with E-state index >= 15 is 0 Å². The number of esters is 1. The van der Waals surface area contributed by atoms with Gasteiger partial charge >= 0.3 is 5.97 Å². The first-order chi connectivity index (χ1) is 13.1. The molecule has 3 aromatic rings. The highest BCUT2D eigenvalue weighted by Gasteiger charge is 2.12. The molecule has 0 unspecified atom stereocenters. The van der Waals surface area contributed by atoms with Crippen molar-refractivity contribution >= 4 is 17.6 Å². The minimum Gasteiger partial charge on any atom is -0.457 e. The molecule has 0 heterocycles. The van der Waals surface area contributed by atoms with Crippen molar-refractivity contribution < 1.29 is 23.5 Å². The summed E-state index contributed by atoms with van der Waals surface area (Å²) in [6.07, 6.45) is 0. The lowest BCUT2D eigenvalue weighted by Crippen LogP contribution is -2.21. The Hall–Kier alpha value is -3.67. The van der Waals surface area contributed by atoms with Crippen LogP contribution in [-0.2, 0) is 9.53 Å². The Morgan fingerprint density at radius 3 is 2.37 bits per heavy atom. The van der Waals surface area contributed by atoms with Gasteiger partial charge in [0.2, 0.25) is 0 Å². The predicted octanol–water partition coefficient (Wildman–Crippen LogP) is 4.41. The molecular weight excluding hydrogens is 349 g/mol. The third kappa shape index (κ3) is 5.40. The summed E-state index contributed by atoms with van der Waals surface area (Å²) >= 11 is 0. The number of nitrogens with one attached hydrogen (secondary N) is 1. The molecule has 1 amide bonds. The van der Waals surface area contributed by atoms with E-state index in [0.29, 0.717) is 11.5 Å². The lowest BCUT2D eigenvalue weighted by molar-refractivity contribution is -0.119. The Kier molecular flexibility index (Phi) is 5.79. The number of carbonyl (C=O) groups is 2. The van der Waals surface area contributed by atoms with Crippen LogP contribution < -0.4 is 10.1 Å². The molecule has 6 heteroatoms. The van der Waals surface area contributed by atoms with Crippen LogP contribution in [0.4, 0.5) is 10.1 Å². The maximum atomic E-state index is 13.1. The van der Waals surface area contributed by atoms with Crippen LogP contribution in [0.5, 0.6) is 11.5 Å². The number of halogens is 1. The van der Waals surface area contributed by atoms with Crippen molar-refractivity contribution in [3.8, 4) is 11.5 Å². The number of carbonyl (C=O) groups excluding carboxylic acids is 2. The molecule has 0 spiro atoms. The van der Waals surface area contributed by atoms with Gasteiger partial charge in [-0.15, -0.1) is 0 Å². The van der Waals surface area contributed by atoms with Crippen molar-refractivity contribution in [1.82, 2.24) is 0 Å². The Bertz CT molecular complexity index is 944. The van der Waals surface area contributed by atoms with Crippen molar-refractivity contribution in [2.75, 3.05) is 11.9 Å². The van der Waals surface area contributed by atoms with Crippen molar-refractivity contribution in [2.24, 2.45) is 0 Å². The molecule has 0 saturated carbocycles. The largest absolute Gasteiger partial charge is 0.457 e. The minimum atomic E-state index is -0.664. The molecule has 0 saturated heterocycles. The Labute approximate surface area is 155 Å². The van der Waals surface area contributed by atoms with Crippen LogP contribution in [-0.4, -0.2) is 18.5 Å². The van der Waals surface area contributed by atoms with E-state index in [2.05, 4.69) is 5.32 Å². The highest BCUT2D eigenvalue weighted by Crippen LogP contribution is 2.22. The zero-order valence-corrected chi connectivity index (χ0v) is 14.2. The fraction of sp³-hybridized carbons (Fsp3) is 0.0476. The molecule has 0 bridgehead atoms. The second-order valence-electron chi connectivity index (χ2n) is 5.58. The Morgan fingerprint density at radius 1 is 0.852 bits per heavy atom. The summed E-state index contributed by atoms with van der Waals surface area (Å²) in [5.41, 5.74) is 0.538. The molecule has 0 atom stereocenters. The number of amides is 1. The van der Waals surface area contributed by atoms with E-state index in [1.54, 1.807) is 30.3 Å². The monoisotopic (exact) mass is 365 g/mol. The van der Waals surface area contributed by atoms with Gasteiger partial charge in [0.15, 0.2) is 6.61 Å². The van der Waals surface area contributed by atoms with E-state index in [9.17, 15) is 14.0 Å². The first-order valence-electron chi connectivity index (χ1n) is 8.16. The molecular formula is C21H16FNO4. The average molecular weight is 365 g/mol. The summed E-state index contributed by atoms with van der Waals surface area (Å²) in [5, 5.41) is 2.45. The number of benzene rings is 3. The average Bonchev–Trinajstić information content (AvgIpc) is 2.67. The van der Waals surface area contributed by atoms with Crippen molar-refractivity contribution in [1.29, 1.82) is 0 Å². The van der Waals surface area contributed by atoms with E-state index in [1.165, 1.54) is 30.3 Å². The molecule has 136 valence electrons. The van der Waals surface area contributed by atoms with Gasteiger partial charge in [0.25, 0.3) is 5.91 Å². The van der Waals surface area contributed by atoms with Gasteiger partial charge in [0.05, 0.1) is 5.56 Å². The number of ether oxygens (including phenoxy) is 2. The van der Waals surface area contributed by atoms with Crippen LogP contribution in [0.1, 0.15) is 10.4 Å². The first-order valence-corrected chi connectivity index (χ1v) is 8.16. The zero-order valence-electron chi connectivity index (χ0n) is 14.2. The van der Waals surface area contributed by atoms with Crippen LogP contribution in [0.15, 0.2) is 78.9 Å². The Balaban J connectivity index is 1.56. The lowest BCUT2D eigenvalue weighted by atomic mass is 10.2. The van der Waals surface area contributed by atoms with E-state index in [4.69, 9.17) is 9.47 Å². The lowest BCUT2D eigenvalue weighted by Gasteiger charge is -2.09. The molecule has 0 aliphatic rings. The molecule has 0 radical (unpaired) electrons. The summed E-state index contributed by atoms with van der Waals surface area (Å²) in [7, 11) is 0. The molecule has 0 aliphatic heterocycles. The van der Waals surface area contributed by atoms with Gasteiger partial charge in [0.1, 0.15) is 17.3 Å². The molecule has 3 aromatic carbocycles. The van der Waals surface area contributed by atoms with E-state index in [0.717, 1.165) is 0 Å². The van der Waals surface area contributed by atoms with Crippen LogP contribution in [0.2, 0.25) is 0 Å². The zero-order chi connectivity index (χ0) is 19.1. The van der Waals surface area contributed by atoms with Crippen molar-refractivity contribution in [3.05, 3.63) is 90.2 Å². The molecule has 0 aliphatic carbocycles. The van der Waals surface area contributed by atoms with Gasteiger partial charge in [-0.25, -0.2) is 9.18 Å². The van der Waals surface area contributed by atoms with E-state index in [-0.39, 0.29) is 11.3 Å². The van der Waals surface area contributed by atoms with E-state index < -0.39 is 24.3 Å². The van der Waals surface area contributed by atoms with Crippen molar-refractivity contribution in [2.45, 2.75) is 0 Å². The van der Waals surface area contributed by atoms with E-state index in [1.807, 2.05) is 18.2 Å². The van der Waals surface area contributed by atoms with Crippen LogP contribution in [0.25, 0.3) is 0 Å². The van der Waals surface area contributed by atoms with Gasteiger partial charge in [-0.1, -0.05) is 30.3 Å². The third-order valence-electron chi connectivity index (χ3n) is 3.49. The highest BCUT2D eigenvalue weighted by atomic mass is 19.1.